The molecule has 2 amide bonds. The van der Waals surface area contributed by atoms with E-state index in [1.807, 2.05) is 0 Å². The summed E-state index contributed by atoms with van der Waals surface area (Å²) in [5.74, 6) is -0.239. The Labute approximate surface area is 128 Å². The van der Waals surface area contributed by atoms with Gasteiger partial charge in [0.1, 0.15) is 0 Å². The first-order valence-electron chi connectivity index (χ1n) is 6.16. The lowest BCUT2D eigenvalue weighted by molar-refractivity contribution is -0.116. The van der Waals surface area contributed by atoms with Gasteiger partial charge in [0.25, 0.3) is 0 Å². The fourth-order valence-electron chi connectivity index (χ4n) is 2.16. The molecular weight excluding hydrogens is 301 g/mol. The van der Waals surface area contributed by atoms with Crippen molar-refractivity contribution >= 4 is 41.5 Å². The number of anilines is 1. The molecule has 2 rings (SSSR count). The second kappa shape index (κ2) is 7.47. The highest BCUT2D eigenvalue weighted by atomic mass is 35.5. The molecule has 4 N–H and O–H groups in total. The molecule has 1 heterocycles. The molecule has 1 unspecified atom stereocenters. The van der Waals surface area contributed by atoms with Crippen molar-refractivity contribution in [2.75, 3.05) is 18.4 Å². The summed E-state index contributed by atoms with van der Waals surface area (Å²) < 4.78 is 0. The number of primary amides is 1. The minimum absolute atomic E-state index is 0. The van der Waals surface area contributed by atoms with Crippen LogP contribution in [0.2, 0.25) is 5.02 Å². The van der Waals surface area contributed by atoms with E-state index in [0.29, 0.717) is 18.0 Å². The van der Waals surface area contributed by atoms with Gasteiger partial charge in [-0.1, -0.05) is 11.6 Å². The molecule has 0 radical (unpaired) electrons. The zero-order valence-electron chi connectivity index (χ0n) is 10.8. The molecule has 1 aliphatic heterocycles. The maximum atomic E-state index is 11.8. The zero-order valence-corrected chi connectivity index (χ0v) is 12.4. The lowest BCUT2D eigenvalue weighted by atomic mass is 10.0. The van der Waals surface area contributed by atoms with Crippen LogP contribution in [-0.4, -0.2) is 24.9 Å². The smallest absolute Gasteiger partial charge is 0.250 e. The van der Waals surface area contributed by atoms with E-state index in [9.17, 15) is 9.59 Å². The Morgan fingerprint density at radius 1 is 1.45 bits per heavy atom. The van der Waals surface area contributed by atoms with Crippen molar-refractivity contribution in [1.82, 2.24) is 5.32 Å². The minimum atomic E-state index is -0.583. The third-order valence-electron chi connectivity index (χ3n) is 3.15. The van der Waals surface area contributed by atoms with Crippen molar-refractivity contribution in [3.8, 4) is 0 Å². The molecular formula is C13H17Cl2N3O2. The summed E-state index contributed by atoms with van der Waals surface area (Å²) in [7, 11) is 0. The van der Waals surface area contributed by atoms with Crippen LogP contribution in [-0.2, 0) is 4.79 Å². The molecule has 1 aromatic carbocycles. The zero-order chi connectivity index (χ0) is 13.8. The molecule has 5 nitrogen and oxygen atoms in total. The highest BCUT2D eigenvalue weighted by Crippen LogP contribution is 2.21. The molecule has 1 saturated heterocycles. The van der Waals surface area contributed by atoms with Gasteiger partial charge < -0.3 is 16.4 Å². The van der Waals surface area contributed by atoms with Crippen molar-refractivity contribution in [2.45, 2.75) is 12.8 Å². The topological polar surface area (TPSA) is 84.2 Å². The Morgan fingerprint density at radius 2 is 2.20 bits per heavy atom. The average molecular weight is 318 g/mol. The molecule has 1 atom stereocenters. The number of carbonyl (C=O) groups is 2. The molecule has 1 aliphatic rings. The number of amides is 2. The number of halogens is 2. The van der Waals surface area contributed by atoms with Crippen LogP contribution in [0.3, 0.4) is 0 Å². The van der Waals surface area contributed by atoms with Crippen LogP contribution in [0.4, 0.5) is 5.69 Å². The van der Waals surface area contributed by atoms with Crippen molar-refractivity contribution < 1.29 is 9.59 Å². The Hall–Kier alpha value is -1.30. The predicted octanol–water partition coefficient (Wildman–Crippen LogP) is 1.80. The fourth-order valence-corrected chi connectivity index (χ4v) is 2.43. The van der Waals surface area contributed by atoms with Gasteiger partial charge in [-0.25, -0.2) is 0 Å². The lowest BCUT2D eigenvalue weighted by Crippen LogP contribution is -2.18. The van der Waals surface area contributed by atoms with Crippen LogP contribution in [0.1, 0.15) is 23.2 Å². The number of benzene rings is 1. The summed E-state index contributed by atoms with van der Waals surface area (Å²) in [6.07, 6.45) is 1.51. The quantitative estimate of drug-likeness (QED) is 0.791. The van der Waals surface area contributed by atoms with Gasteiger partial charge in [-0.05, 0) is 43.6 Å². The number of nitrogens with two attached hydrogens (primary N) is 1. The van der Waals surface area contributed by atoms with Crippen LogP contribution in [0.15, 0.2) is 18.2 Å². The van der Waals surface area contributed by atoms with E-state index < -0.39 is 5.91 Å². The second-order valence-corrected chi connectivity index (χ2v) is 5.08. The SMILES string of the molecule is Cl.NC(=O)c1ccc(NC(=O)CC2CCNC2)cc1Cl. The molecule has 0 saturated carbocycles. The van der Waals surface area contributed by atoms with E-state index in [0.717, 1.165) is 19.5 Å². The first-order chi connectivity index (χ1) is 9.06. The van der Waals surface area contributed by atoms with Crippen LogP contribution in [0.5, 0.6) is 0 Å². The summed E-state index contributed by atoms with van der Waals surface area (Å²) in [5.41, 5.74) is 5.98. The number of hydrogen-bond donors (Lipinski definition) is 3. The van der Waals surface area contributed by atoms with E-state index >= 15 is 0 Å². The predicted molar refractivity (Wildman–Crippen MR) is 81.4 cm³/mol. The van der Waals surface area contributed by atoms with E-state index in [1.165, 1.54) is 12.1 Å². The number of rotatable bonds is 4. The third-order valence-corrected chi connectivity index (χ3v) is 3.47. The Balaban J connectivity index is 0.00000200. The van der Waals surface area contributed by atoms with Gasteiger partial charge in [0.05, 0.1) is 10.6 Å². The van der Waals surface area contributed by atoms with Gasteiger partial charge in [-0.3, -0.25) is 9.59 Å². The number of nitrogens with one attached hydrogen (secondary N) is 2. The Morgan fingerprint density at radius 3 is 2.75 bits per heavy atom. The Kier molecular flexibility index (Phi) is 6.26. The van der Waals surface area contributed by atoms with Crippen molar-refractivity contribution in [1.29, 1.82) is 0 Å². The normalized spacial score (nSPS) is 17.4. The van der Waals surface area contributed by atoms with Gasteiger partial charge in [0, 0.05) is 12.1 Å². The highest BCUT2D eigenvalue weighted by Gasteiger charge is 2.18. The Bertz CT molecular complexity index is 502. The average Bonchev–Trinajstić information content (AvgIpc) is 2.81. The van der Waals surface area contributed by atoms with Crippen molar-refractivity contribution in [3.05, 3.63) is 28.8 Å². The second-order valence-electron chi connectivity index (χ2n) is 4.67. The summed E-state index contributed by atoms with van der Waals surface area (Å²) in [5, 5.41) is 6.23. The molecule has 0 aromatic heterocycles. The first kappa shape index (κ1) is 16.8. The lowest BCUT2D eigenvalue weighted by Gasteiger charge is -2.10. The molecule has 20 heavy (non-hydrogen) atoms. The van der Waals surface area contributed by atoms with Crippen molar-refractivity contribution in [2.24, 2.45) is 11.7 Å². The summed E-state index contributed by atoms with van der Waals surface area (Å²) in [6, 6.07) is 4.67. The molecule has 0 bridgehead atoms. The first-order valence-corrected chi connectivity index (χ1v) is 6.54. The van der Waals surface area contributed by atoms with Crippen molar-refractivity contribution in [3.63, 3.8) is 0 Å². The van der Waals surface area contributed by atoms with Crippen LogP contribution >= 0.6 is 24.0 Å². The van der Waals surface area contributed by atoms with Gasteiger partial charge in [0.2, 0.25) is 11.8 Å². The van der Waals surface area contributed by atoms with E-state index in [-0.39, 0.29) is 28.9 Å². The highest BCUT2D eigenvalue weighted by molar-refractivity contribution is 6.34. The standard InChI is InChI=1S/C13H16ClN3O2.ClH/c14-11-6-9(1-2-10(11)13(15)19)17-12(18)5-8-3-4-16-7-8;/h1-2,6,8,16H,3-5,7H2,(H2,15,19)(H,17,18);1H. The third kappa shape index (κ3) is 4.37. The van der Waals surface area contributed by atoms with Gasteiger partial charge in [-0.15, -0.1) is 12.4 Å². The number of carbonyl (C=O) groups excluding carboxylic acids is 2. The summed E-state index contributed by atoms with van der Waals surface area (Å²) in [6.45, 7) is 1.85. The largest absolute Gasteiger partial charge is 0.366 e. The molecule has 1 fully saturated rings. The van der Waals surface area contributed by atoms with Crippen LogP contribution in [0, 0.1) is 5.92 Å². The van der Waals surface area contributed by atoms with Gasteiger partial charge in [0.15, 0.2) is 0 Å². The van der Waals surface area contributed by atoms with Crippen LogP contribution < -0.4 is 16.4 Å². The maximum Gasteiger partial charge on any atom is 0.250 e. The van der Waals surface area contributed by atoms with Gasteiger partial charge in [-0.2, -0.15) is 0 Å². The van der Waals surface area contributed by atoms with E-state index in [4.69, 9.17) is 17.3 Å². The minimum Gasteiger partial charge on any atom is -0.366 e. The monoisotopic (exact) mass is 317 g/mol. The molecule has 7 heteroatoms. The summed E-state index contributed by atoms with van der Waals surface area (Å²) in [4.78, 5) is 22.9. The molecule has 1 aromatic rings. The van der Waals surface area contributed by atoms with Gasteiger partial charge >= 0.3 is 0 Å². The van der Waals surface area contributed by atoms with E-state index in [2.05, 4.69) is 10.6 Å². The molecule has 110 valence electrons. The molecule has 0 aliphatic carbocycles. The maximum absolute atomic E-state index is 11.8. The summed E-state index contributed by atoms with van der Waals surface area (Å²) >= 11 is 5.92. The fraction of sp³-hybridized carbons (Fsp3) is 0.385. The van der Waals surface area contributed by atoms with E-state index in [1.54, 1.807) is 6.07 Å². The van der Waals surface area contributed by atoms with Crippen LogP contribution in [0.25, 0.3) is 0 Å². The molecule has 0 spiro atoms. The number of hydrogen-bond acceptors (Lipinski definition) is 3.